The second-order valence-corrected chi connectivity index (χ2v) is 4.06. The van der Waals surface area contributed by atoms with Crippen LogP contribution in [0.3, 0.4) is 0 Å². The number of aryl methyl sites for hydroxylation is 1. The molecule has 1 aromatic rings. The molecule has 2 N–H and O–H groups in total. The van der Waals surface area contributed by atoms with E-state index in [0.717, 1.165) is 31.7 Å². The summed E-state index contributed by atoms with van der Waals surface area (Å²) in [6, 6.07) is 2.62. The summed E-state index contributed by atoms with van der Waals surface area (Å²) in [6.07, 6.45) is 2.04. The number of furan rings is 1. The van der Waals surface area contributed by atoms with Gasteiger partial charge in [-0.15, -0.1) is 0 Å². The lowest BCUT2D eigenvalue weighted by molar-refractivity contribution is 0.210. The number of hydrogen-bond donors (Lipinski definition) is 1. The van der Waals surface area contributed by atoms with Crippen molar-refractivity contribution in [2.45, 2.75) is 25.8 Å². The summed E-state index contributed by atoms with van der Waals surface area (Å²) in [6.45, 7) is 3.82. The molecule has 1 aliphatic rings. The second kappa shape index (κ2) is 3.75. The van der Waals surface area contributed by atoms with Crippen molar-refractivity contribution in [2.75, 3.05) is 20.1 Å². The van der Waals surface area contributed by atoms with Crippen LogP contribution in [0.5, 0.6) is 0 Å². The zero-order chi connectivity index (χ0) is 10.1. The molecule has 14 heavy (non-hydrogen) atoms. The molecule has 0 radical (unpaired) electrons. The molecule has 0 aromatic carbocycles. The van der Waals surface area contributed by atoms with E-state index in [1.54, 1.807) is 0 Å². The number of rotatable bonds is 2. The van der Waals surface area contributed by atoms with Crippen LogP contribution in [0.4, 0.5) is 0 Å². The molecular formula is C11H18N2O. The van der Waals surface area contributed by atoms with Crippen LogP contribution in [0.2, 0.25) is 0 Å². The fourth-order valence-electron chi connectivity index (χ4n) is 2.26. The average Bonchev–Trinajstić information content (AvgIpc) is 2.51. The summed E-state index contributed by atoms with van der Waals surface area (Å²) in [7, 11) is 2.16. The fourth-order valence-corrected chi connectivity index (χ4v) is 2.26. The van der Waals surface area contributed by atoms with E-state index in [9.17, 15) is 0 Å². The predicted molar refractivity (Wildman–Crippen MR) is 56.2 cm³/mol. The van der Waals surface area contributed by atoms with Gasteiger partial charge in [0.2, 0.25) is 0 Å². The van der Waals surface area contributed by atoms with Gasteiger partial charge in [0.25, 0.3) is 0 Å². The van der Waals surface area contributed by atoms with Crippen molar-refractivity contribution >= 4 is 0 Å². The molecule has 0 fully saturated rings. The van der Waals surface area contributed by atoms with E-state index < -0.39 is 0 Å². The van der Waals surface area contributed by atoms with Crippen LogP contribution in [-0.4, -0.2) is 25.0 Å². The average molecular weight is 194 g/mol. The first-order valence-corrected chi connectivity index (χ1v) is 5.22. The highest BCUT2D eigenvalue weighted by Gasteiger charge is 2.26. The molecule has 1 aromatic heterocycles. The number of nitrogens with zero attached hydrogens (tertiary/aromatic N) is 1. The van der Waals surface area contributed by atoms with Crippen molar-refractivity contribution in [2.24, 2.45) is 5.73 Å². The van der Waals surface area contributed by atoms with Gasteiger partial charge in [-0.2, -0.15) is 0 Å². The van der Waals surface area contributed by atoms with Crippen LogP contribution in [0.25, 0.3) is 0 Å². The van der Waals surface area contributed by atoms with Crippen LogP contribution >= 0.6 is 0 Å². The van der Waals surface area contributed by atoms with E-state index in [2.05, 4.69) is 18.0 Å². The maximum Gasteiger partial charge on any atom is 0.110 e. The van der Waals surface area contributed by atoms with Crippen LogP contribution in [0.15, 0.2) is 10.5 Å². The smallest absolute Gasteiger partial charge is 0.110 e. The molecule has 78 valence electrons. The third-order valence-electron chi connectivity index (χ3n) is 2.99. The van der Waals surface area contributed by atoms with Crippen molar-refractivity contribution < 1.29 is 4.42 Å². The number of likely N-dealkylation sites (N-methyl/N-ethyl adjacent to an activating group) is 1. The van der Waals surface area contributed by atoms with Crippen LogP contribution < -0.4 is 5.73 Å². The first kappa shape index (κ1) is 9.74. The lowest BCUT2D eigenvalue weighted by Gasteiger charge is -2.31. The van der Waals surface area contributed by atoms with Gasteiger partial charge in [-0.25, -0.2) is 0 Å². The SMILES string of the molecule is Cc1cc2c(o1)CCN(C)C2CCN. The van der Waals surface area contributed by atoms with E-state index in [-0.39, 0.29) is 0 Å². The summed E-state index contributed by atoms with van der Waals surface area (Å²) in [5, 5.41) is 0. The lowest BCUT2D eigenvalue weighted by Crippen LogP contribution is -2.32. The number of hydrogen-bond acceptors (Lipinski definition) is 3. The highest BCUT2D eigenvalue weighted by Crippen LogP contribution is 2.32. The highest BCUT2D eigenvalue weighted by molar-refractivity contribution is 5.27. The van der Waals surface area contributed by atoms with Crippen molar-refractivity contribution in [3.8, 4) is 0 Å². The van der Waals surface area contributed by atoms with Gasteiger partial charge in [0.05, 0.1) is 0 Å². The quantitative estimate of drug-likeness (QED) is 0.775. The van der Waals surface area contributed by atoms with E-state index >= 15 is 0 Å². The maximum absolute atomic E-state index is 5.66. The van der Waals surface area contributed by atoms with Gasteiger partial charge >= 0.3 is 0 Å². The third-order valence-corrected chi connectivity index (χ3v) is 2.99. The van der Waals surface area contributed by atoms with Gasteiger partial charge in [-0.3, -0.25) is 4.90 Å². The van der Waals surface area contributed by atoms with Gasteiger partial charge in [0.15, 0.2) is 0 Å². The Hall–Kier alpha value is -0.800. The van der Waals surface area contributed by atoms with Crippen LogP contribution in [-0.2, 0) is 6.42 Å². The number of fused-ring (bicyclic) bond motifs is 1. The van der Waals surface area contributed by atoms with Crippen LogP contribution in [0, 0.1) is 6.92 Å². The minimum atomic E-state index is 0.459. The standard InChI is InChI=1S/C11H18N2O/c1-8-7-9-10(3-5-12)13(2)6-4-11(9)14-8/h7,10H,3-6,12H2,1-2H3. The first-order chi connectivity index (χ1) is 6.72. The summed E-state index contributed by atoms with van der Waals surface area (Å²) in [4.78, 5) is 2.37. The Bertz CT molecular complexity index is 319. The van der Waals surface area contributed by atoms with E-state index in [4.69, 9.17) is 10.2 Å². The zero-order valence-corrected chi connectivity index (χ0v) is 8.92. The van der Waals surface area contributed by atoms with Crippen molar-refractivity contribution in [3.63, 3.8) is 0 Å². The van der Waals surface area contributed by atoms with E-state index in [1.807, 2.05) is 6.92 Å². The van der Waals surface area contributed by atoms with Crippen molar-refractivity contribution in [1.82, 2.24) is 4.90 Å². The normalized spacial score (nSPS) is 22.4. The number of nitrogens with two attached hydrogens (primary N) is 1. The largest absolute Gasteiger partial charge is 0.466 e. The van der Waals surface area contributed by atoms with Crippen LogP contribution in [0.1, 0.15) is 29.5 Å². The molecule has 0 saturated carbocycles. The summed E-state index contributed by atoms with van der Waals surface area (Å²) < 4.78 is 5.66. The highest BCUT2D eigenvalue weighted by atomic mass is 16.3. The molecule has 0 saturated heterocycles. The van der Waals surface area contributed by atoms with Crippen molar-refractivity contribution in [1.29, 1.82) is 0 Å². The molecule has 2 heterocycles. The molecule has 1 unspecified atom stereocenters. The predicted octanol–water partition coefficient (Wildman–Crippen LogP) is 1.47. The molecule has 3 heteroatoms. The minimum Gasteiger partial charge on any atom is -0.466 e. The lowest BCUT2D eigenvalue weighted by atomic mass is 9.97. The maximum atomic E-state index is 5.66. The van der Waals surface area contributed by atoms with Gasteiger partial charge in [-0.1, -0.05) is 0 Å². The molecule has 0 spiro atoms. The molecule has 1 aliphatic heterocycles. The Balaban J connectivity index is 2.30. The van der Waals surface area contributed by atoms with Gasteiger partial charge in [0, 0.05) is 24.6 Å². The molecule has 1 atom stereocenters. The van der Waals surface area contributed by atoms with Gasteiger partial charge in [0.1, 0.15) is 11.5 Å². The fraction of sp³-hybridized carbons (Fsp3) is 0.636. The Kier molecular flexibility index (Phi) is 2.61. The van der Waals surface area contributed by atoms with Crippen molar-refractivity contribution in [3.05, 3.63) is 23.2 Å². The molecule has 3 nitrogen and oxygen atoms in total. The summed E-state index contributed by atoms with van der Waals surface area (Å²) in [5.41, 5.74) is 6.98. The molecular weight excluding hydrogens is 176 g/mol. The van der Waals surface area contributed by atoms with Gasteiger partial charge < -0.3 is 10.2 Å². The molecule has 2 rings (SSSR count). The Morgan fingerprint density at radius 2 is 2.43 bits per heavy atom. The Morgan fingerprint density at radius 3 is 3.14 bits per heavy atom. The topological polar surface area (TPSA) is 42.4 Å². The minimum absolute atomic E-state index is 0.459. The molecule has 0 bridgehead atoms. The second-order valence-electron chi connectivity index (χ2n) is 4.06. The monoisotopic (exact) mass is 194 g/mol. The first-order valence-electron chi connectivity index (χ1n) is 5.22. The summed E-state index contributed by atoms with van der Waals surface area (Å²) in [5.74, 6) is 2.19. The molecule has 0 aliphatic carbocycles. The van der Waals surface area contributed by atoms with E-state index in [0.29, 0.717) is 6.04 Å². The van der Waals surface area contributed by atoms with E-state index in [1.165, 1.54) is 11.3 Å². The Morgan fingerprint density at radius 1 is 1.64 bits per heavy atom. The zero-order valence-electron chi connectivity index (χ0n) is 8.92. The van der Waals surface area contributed by atoms with Gasteiger partial charge in [-0.05, 0) is 33.0 Å². The summed E-state index contributed by atoms with van der Waals surface area (Å²) >= 11 is 0. The Labute approximate surface area is 84.9 Å². The third kappa shape index (κ3) is 1.57. The molecule has 0 amide bonds.